The number of phosphoric acid groups is 2. The van der Waals surface area contributed by atoms with Crippen molar-refractivity contribution in [3.8, 4) is 0 Å². The summed E-state index contributed by atoms with van der Waals surface area (Å²) in [7, 11) is -9.92. The van der Waals surface area contributed by atoms with Crippen molar-refractivity contribution >= 4 is 39.5 Å². The average molecular weight is 1440 g/mol. The minimum absolute atomic E-state index is 0.105. The number of phosphoric ester groups is 2. The monoisotopic (exact) mass is 1440 g/mol. The second-order valence-electron chi connectivity index (χ2n) is 29.6. The van der Waals surface area contributed by atoms with Crippen molar-refractivity contribution < 1.29 is 80.2 Å². The summed E-state index contributed by atoms with van der Waals surface area (Å²) in [6, 6.07) is 0. The fourth-order valence-corrected chi connectivity index (χ4v) is 13.7. The van der Waals surface area contributed by atoms with Gasteiger partial charge < -0.3 is 33.8 Å². The zero-order valence-electron chi connectivity index (χ0n) is 64.3. The van der Waals surface area contributed by atoms with E-state index in [9.17, 15) is 43.2 Å². The van der Waals surface area contributed by atoms with Gasteiger partial charge in [-0.3, -0.25) is 37.3 Å². The first kappa shape index (κ1) is 96.1. The largest absolute Gasteiger partial charge is 0.472 e. The van der Waals surface area contributed by atoms with Crippen LogP contribution in [0.25, 0.3) is 0 Å². The van der Waals surface area contributed by atoms with Gasteiger partial charge in [-0.05, 0) is 43.4 Å². The Morgan fingerprint density at radius 3 is 0.776 bits per heavy atom. The first-order chi connectivity index (χ1) is 47.3. The van der Waals surface area contributed by atoms with Gasteiger partial charge in [0.05, 0.1) is 26.4 Å². The third kappa shape index (κ3) is 71.1. The predicted octanol–water partition coefficient (Wildman–Crippen LogP) is 23.4. The molecule has 6 atom stereocenters. The minimum Gasteiger partial charge on any atom is -0.462 e. The van der Waals surface area contributed by atoms with Crippen molar-refractivity contribution in [2.24, 2.45) is 17.8 Å². The van der Waals surface area contributed by atoms with Gasteiger partial charge in [-0.15, -0.1) is 0 Å². The lowest BCUT2D eigenvalue weighted by molar-refractivity contribution is -0.161. The van der Waals surface area contributed by atoms with E-state index in [4.69, 9.17) is 37.0 Å². The van der Waals surface area contributed by atoms with E-state index in [0.29, 0.717) is 31.6 Å². The van der Waals surface area contributed by atoms with Crippen molar-refractivity contribution in [2.45, 2.75) is 426 Å². The summed E-state index contributed by atoms with van der Waals surface area (Å²) in [6.07, 6.45) is 57.0. The van der Waals surface area contributed by atoms with Crippen molar-refractivity contribution in [3.63, 3.8) is 0 Å². The number of aliphatic hydroxyl groups is 1. The molecule has 98 heavy (non-hydrogen) atoms. The fourth-order valence-electron chi connectivity index (χ4n) is 12.1. The number of carbonyl (C=O) groups excluding carboxylic acids is 4. The summed E-state index contributed by atoms with van der Waals surface area (Å²) < 4.78 is 68.6. The van der Waals surface area contributed by atoms with E-state index >= 15 is 0 Å². The number of hydrogen-bond acceptors (Lipinski definition) is 15. The van der Waals surface area contributed by atoms with E-state index in [1.807, 2.05) is 0 Å². The first-order valence-electron chi connectivity index (χ1n) is 40.9. The number of rotatable bonds is 77. The average Bonchev–Trinajstić information content (AvgIpc) is 1.14. The van der Waals surface area contributed by atoms with Gasteiger partial charge in [0.25, 0.3) is 0 Å². The molecule has 0 aliphatic carbocycles. The normalized spacial score (nSPS) is 14.3. The van der Waals surface area contributed by atoms with E-state index in [1.165, 1.54) is 212 Å². The summed E-state index contributed by atoms with van der Waals surface area (Å²) in [6.45, 7) is 11.9. The van der Waals surface area contributed by atoms with Crippen LogP contribution in [0.1, 0.15) is 408 Å². The summed E-state index contributed by atoms with van der Waals surface area (Å²) in [5.41, 5.74) is 0. The van der Waals surface area contributed by atoms with Crippen LogP contribution in [0.15, 0.2) is 0 Å². The lowest BCUT2D eigenvalue weighted by Crippen LogP contribution is -2.30. The van der Waals surface area contributed by atoms with E-state index in [-0.39, 0.29) is 25.7 Å². The SMILES string of the molecule is CCCCCCCCCCCCCCCCCCC(=O)OC[C@H](COP(=O)(O)OC[C@@H](O)COP(=O)(O)OC[C@@H](COC(=O)CCCCCCCCC(C)C)OC(=O)CCCCCCCCCCCCC(C)CC)OC(=O)CCCCCCCCCCCCCCCCCCC(C)C. The molecule has 3 N–H and O–H groups in total. The van der Waals surface area contributed by atoms with E-state index in [2.05, 4.69) is 48.5 Å². The molecule has 19 heteroatoms. The molecular formula is C79H154O17P2. The zero-order valence-corrected chi connectivity index (χ0v) is 66.0. The van der Waals surface area contributed by atoms with Gasteiger partial charge in [-0.25, -0.2) is 9.13 Å². The molecule has 3 unspecified atom stereocenters. The molecule has 0 aromatic rings. The lowest BCUT2D eigenvalue weighted by Gasteiger charge is -2.21. The maximum absolute atomic E-state index is 13.1. The molecule has 17 nitrogen and oxygen atoms in total. The van der Waals surface area contributed by atoms with Gasteiger partial charge in [0, 0.05) is 25.7 Å². The molecule has 0 heterocycles. The highest BCUT2D eigenvalue weighted by molar-refractivity contribution is 7.47. The van der Waals surface area contributed by atoms with Crippen LogP contribution in [0.5, 0.6) is 0 Å². The Morgan fingerprint density at radius 1 is 0.296 bits per heavy atom. The van der Waals surface area contributed by atoms with Crippen LogP contribution in [-0.4, -0.2) is 96.7 Å². The zero-order chi connectivity index (χ0) is 72.3. The van der Waals surface area contributed by atoms with Gasteiger partial charge in [-0.1, -0.05) is 357 Å². The van der Waals surface area contributed by atoms with Gasteiger partial charge in [0.15, 0.2) is 12.2 Å². The molecule has 0 aliphatic heterocycles. The van der Waals surface area contributed by atoms with Gasteiger partial charge in [0.2, 0.25) is 0 Å². The first-order valence-corrected chi connectivity index (χ1v) is 43.9. The van der Waals surface area contributed by atoms with Crippen molar-refractivity contribution in [1.82, 2.24) is 0 Å². The predicted molar refractivity (Wildman–Crippen MR) is 400 cm³/mol. The van der Waals surface area contributed by atoms with Crippen LogP contribution >= 0.6 is 15.6 Å². The van der Waals surface area contributed by atoms with Gasteiger partial charge >= 0.3 is 39.5 Å². The Balaban J connectivity index is 5.23. The van der Waals surface area contributed by atoms with Gasteiger partial charge in [-0.2, -0.15) is 0 Å². The highest BCUT2D eigenvalue weighted by Gasteiger charge is 2.30. The number of ether oxygens (including phenoxy) is 4. The summed E-state index contributed by atoms with van der Waals surface area (Å²) >= 11 is 0. The Morgan fingerprint density at radius 2 is 0.520 bits per heavy atom. The topological polar surface area (TPSA) is 237 Å². The second kappa shape index (κ2) is 69.4. The van der Waals surface area contributed by atoms with Crippen LogP contribution in [0.3, 0.4) is 0 Å². The molecular weight excluding hydrogens is 1280 g/mol. The van der Waals surface area contributed by atoms with E-state index in [0.717, 1.165) is 108 Å². The van der Waals surface area contributed by atoms with Crippen LogP contribution in [0.2, 0.25) is 0 Å². The number of carbonyl (C=O) groups is 4. The molecule has 0 aromatic heterocycles. The molecule has 0 aromatic carbocycles. The Kier molecular flexibility index (Phi) is 68.1. The third-order valence-electron chi connectivity index (χ3n) is 18.7. The van der Waals surface area contributed by atoms with Crippen molar-refractivity contribution in [2.75, 3.05) is 39.6 Å². The highest BCUT2D eigenvalue weighted by atomic mass is 31.2. The molecule has 0 saturated heterocycles. The summed E-state index contributed by atoms with van der Waals surface area (Å²) in [5, 5.41) is 10.6. The van der Waals surface area contributed by atoms with Crippen molar-refractivity contribution in [1.29, 1.82) is 0 Å². The maximum atomic E-state index is 13.1. The lowest BCUT2D eigenvalue weighted by atomic mass is 9.99. The molecule has 0 amide bonds. The Bertz CT molecular complexity index is 1910. The fraction of sp³-hybridized carbons (Fsp3) is 0.949. The molecule has 0 bridgehead atoms. The van der Waals surface area contributed by atoms with Crippen LogP contribution in [0, 0.1) is 17.8 Å². The Labute approximate surface area is 600 Å². The number of aliphatic hydroxyl groups excluding tert-OH is 1. The minimum atomic E-state index is -4.96. The molecule has 0 aliphatic rings. The molecule has 0 rings (SSSR count). The number of esters is 4. The smallest absolute Gasteiger partial charge is 0.462 e. The standard InChI is InChI=1S/C79H154O17P2/c1-8-10-11-12-13-14-15-16-17-21-24-27-33-38-46-53-60-76(81)89-66-74(95-78(83)62-55-48-39-34-28-25-22-19-18-20-23-26-31-36-43-50-57-70(3)4)68-93-97(85,86)91-64-73(80)65-92-98(87,88)94-69-75(67-90-77(82)61-54-47-42-41-44-51-58-71(5)6)96-79(84)63-56-49-40-35-30-29-32-37-45-52-59-72(7)9-2/h70-75,80H,8-69H2,1-7H3,(H,85,86)(H,87,88)/t72?,73-,74-,75-/m1/s1. The molecule has 0 spiro atoms. The summed E-state index contributed by atoms with van der Waals surface area (Å²) in [5.74, 6) is 0.176. The number of unbranched alkanes of at least 4 members (excludes halogenated alkanes) is 44. The molecule has 582 valence electrons. The molecule has 0 radical (unpaired) electrons. The van der Waals surface area contributed by atoms with Crippen LogP contribution < -0.4 is 0 Å². The maximum Gasteiger partial charge on any atom is 0.472 e. The molecule has 0 fully saturated rings. The summed E-state index contributed by atoms with van der Waals surface area (Å²) in [4.78, 5) is 72.9. The van der Waals surface area contributed by atoms with Crippen LogP contribution in [-0.2, 0) is 65.4 Å². The second-order valence-corrected chi connectivity index (χ2v) is 32.6. The molecule has 0 saturated carbocycles. The number of hydrogen-bond donors (Lipinski definition) is 3. The van der Waals surface area contributed by atoms with Crippen molar-refractivity contribution in [3.05, 3.63) is 0 Å². The highest BCUT2D eigenvalue weighted by Crippen LogP contribution is 2.45. The quantitative estimate of drug-likeness (QED) is 0.0222. The van der Waals surface area contributed by atoms with E-state index < -0.39 is 97.5 Å². The van der Waals surface area contributed by atoms with Crippen LogP contribution in [0.4, 0.5) is 0 Å². The third-order valence-corrected chi connectivity index (χ3v) is 20.6. The Hall–Kier alpha value is -1.94. The van der Waals surface area contributed by atoms with E-state index in [1.54, 1.807) is 0 Å². The van der Waals surface area contributed by atoms with Gasteiger partial charge in [0.1, 0.15) is 19.3 Å².